The van der Waals surface area contributed by atoms with Gasteiger partial charge in [0.25, 0.3) is 0 Å². The van der Waals surface area contributed by atoms with Crippen molar-refractivity contribution in [3.63, 3.8) is 0 Å². The molecule has 1 N–H and O–H groups in total. The summed E-state index contributed by atoms with van der Waals surface area (Å²) in [5.74, 6) is 0.681. The van der Waals surface area contributed by atoms with Crippen LogP contribution in [0.4, 0.5) is 5.69 Å². The molecule has 5 heteroatoms. The molecular weight excluding hydrogens is 306 g/mol. The van der Waals surface area contributed by atoms with E-state index in [0.717, 1.165) is 27.1 Å². The van der Waals surface area contributed by atoms with E-state index in [1.54, 1.807) is 0 Å². The lowest BCUT2D eigenvalue weighted by atomic mass is 10.2. The summed E-state index contributed by atoms with van der Waals surface area (Å²) >= 11 is 3.36. The van der Waals surface area contributed by atoms with E-state index in [0.29, 0.717) is 12.4 Å². The molecule has 0 radical (unpaired) electrons. The number of fused-ring (bicyclic) bond motifs is 1. The van der Waals surface area contributed by atoms with Crippen molar-refractivity contribution in [3.8, 4) is 0 Å². The van der Waals surface area contributed by atoms with Crippen molar-refractivity contribution in [2.45, 2.75) is 13.5 Å². The number of oxazole rings is 1. The van der Waals surface area contributed by atoms with Crippen LogP contribution in [0.2, 0.25) is 0 Å². The highest BCUT2D eigenvalue weighted by Crippen LogP contribution is 2.20. The summed E-state index contributed by atoms with van der Waals surface area (Å²) in [5.41, 5.74) is 3.65. The molecule has 0 aliphatic rings. The molecule has 1 aromatic carbocycles. The summed E-state index contributed by atoms with van der Waals surface area (Å²) in [7, 11) is 0. The molecular formula is C14H12BrN3O. The zero-order valence-electron chi connectivity index (χ0n) is 10.4. The normalized spacial score (nSPS) is 10.8. The highest BCUT2D eigenvalue weighted by Gasteiger charge is 2.03. The largest absolute Gasteiger partial charge is 0.441 e. The Kier molecular flexibility index (Phi) is 3.21. The molecule has 0 aliphatic heterocycles. The van der Waals surface area contributed by atoms with Gasteiger partial charge in [-0.15, -0.1) is 0 Å². The van der Waals surface area contributed by atoms with Crippen LogP contribution in [0.25, 0.3) is 11.1 Å². The molecule has 0 fully saturated rings. The van der Waals surface area contributed by atoms with Crippen molar-refractivity contribution in [2.75, 3.05) is 5.32 Å². The van der Waals surface area contributed by atoms with E-state index >= 15 is 0 Å². The van der Waals surface area contributed by atoms with Crippen LogP contribution >= 0.6 is 15.9 Å². The number of anilines is 1. The van der Waals surface area contributed by atoms with Gasteiger partial charge in [0, 0.05) is 12.6 Å². The highest BCUT2D eigenvalue weighted by atomic mass is 79.9. The van der Waals surface area contributed by atoms with Gasteiger partial charge in [-0.3, -0.25) is 0 Å². The van der Waals surface area contributed by atoms with Crippen LogP contribution in [0.3, 0.4) is 0 Å². The number of aryl methyl sites for hydroxylation is 1. The Labute approximate surface area is 119 Å². The fraction of sp³-hybridized carbons (Fsp3) is 0.143. The van der Waals surface area contributed by atoms with Crippen LogP contribution < -0.4 is 5.32 Å². The molecule has 0 unspecified atom stereocenters. The van der Waals surface area contributed by atoms with Gasteiger partial charge in [0.2, 0.25) is 0 Å². The minimum Gasteiger partial charge on any atom is -0.441 e. The van der Waals surface area contributed by atoms with E-state index in [1.807, 2.05) is 43.3 Å². The van der Waals surface area contributed by atoms with E-state index in [-0.39, 0.29) is 0 Å². The van der Waals surface area contributed by atoms with Gasteiger partial charge in [-0.1, -0.05) is 6.07 Å². The van der Waals surface area contributed by atoms with E-state index < -0.39 is 0 Å². The number of aromatic nitrogens is 2. The van der Waals surface area contributed by atoms with Crippen LogP contribution in [0, 0.1) is 6.92 Å². The van der Waals surface area contributed by atoms with Gasteiger partial charge in [-0.2, -0.15) is 0 Å². The molecule has 19 heavy (non-hydrogen) atoms. The van der Waals surface area contributed by atoms with Gasteiger partial charge in [-0.25, -0.2) is 9.97 Å². The Morgan fingerprint density at radius 1 is 1.21 bits per heavy atom. The van der Waals surface area contributed by atoms with Crippen molar-refractivity contribution in [3.05, 3.63) is 52.6 Å². The van der Waals surface area contributed by atoms with Gasteiger partial charge in [0.1, 0.15) is 10.1 Å². The Bertz CT molecular complexity index is 724. The summed E-state index contributed by atoms with van der Waals surface area (Å²) in [6.45, 7) is 2.51. The predicted molar refractivity (Wildman–Crippen MR) is 78.0 cm³/mol. The van der Waals surface area contributed by atoms with Crippen molar-refractivity contribution in [1.29, 1.82) is 0 Å². The summed E-state index contributed by atoms with van der Waals surface area (Å²) in [5, 5.41) is 3.32. The number of nitrogens with one attached hydrogen (secondary N) is 1. The van der Waals surface area contributed by atoms with E-state index in [1.165, 1.54) is 0 Å². The van der Waals surface area contributed by atoms with Crippen LogP contribution in [0.15, 0.2) is 45.4 Å². The van der Waals surface area contributed by atoms with Crippen molar-refractivity contribution in [2.24, 2.45) is 0 Å². The molecule has 0 spiro atoms. The third-order valence-corrected chi connectivity index (χ3v) is 3.18. The Balaban J connectivity index is 1.78. The van der Waals surface area contributed by atoms with Crippen LogP contribution in [0.5, 0.6) is 0 Å². The van der Waals surface area contributed by atoms with Gasteiger partial charge in [-0.05, 0) is 46.3 Å². The van der Waals surface area contributed by atoms with Crippen molar-refractivity contribution in [1.82, 2.24) is 9.97 Å². The molecule has 0 atom stereocenters. The fourth-order valence-corrected chi connectivity index (χ4v) is 2.27. The quantitative estimate of drug-likeness (QED) is 0.744. The lowest BCUT2D eigenvalue weighted by Gasteiger charge is -2.05. The second-order valence-electron chi connectivity index (χ2n) is 4.22. The topological polar surface area (TPSA) is 51.0 Å². The minimum absolute atomic E-state index is 0.668. The molecule has 2 aromatic heterocycles. The summed E-state index contributed by atoms with van der Waals surface area (Å²) in [6.07, 6.45) is 0. The minimum atomic E-state index is 0.668. The molecule has 3 aromatic rings. The standard InChI is InChI=1S/C14H12BrN3O/c1-9-17-12-7-10(5-6-13(12)19-9)16-8-11-3-2-4-14(15)18-11/h2-7,16H,8H2,1H3. The Morgan fingerprint density at radius 3 is 2.95 bits per heavy atom. The predicted octanol–water partition coefficient (Wildman–Crippen LogP) is 3.91. The number of benzene rings is 1. The van der Waals surface area contributed by atoms with Gasteiger partial charge < -0.3 is 9.73 Å². The molecule has 4 nitrogen and oxygen atoms in total. The number of rotatable bonds is 3. The lowest BCUT2D eigenvalue weighted by Crippen LogP contribution is -2.01. The van der Waals surface area contributed by atoms with Crippen molar-refractivity contribution < 1.29 is 4.42 Å². The maximum Gasteiger partial charge on any atom is 0.192 e. The summed E-state index contributed by atoms with van der Waals surface area (Å²) in [6, 6.07) is 11.7. The second-order valence-corrected chi connectivity index (χ2v) is 5.03. The third-order valence-electron chi connectivity index (χ3n) is 2.74. The van der Waals surface area contributed by atoms with E-state index in [2.05, 4.69) is 31.2 Å². The average Bonchev–Trinajstić information content (AvgIpc) is 2.75. The molecule has 3 rings (SSSR count). The highest BCUT2D eigenvalue weighted by molar-refractivity contribution is 9.10. The number of pyridine rings is 1. The van der Waals surface area contributed by atoms with E-state index in [4.69, 9.17) is 4.42 Å². The first-order valence-corrected chi connectivity index (χ1v) is 6.72. The molecule has 96 valence electrons. The maximum absolute atomic E-state index is 5.44. The third kappa shape index (κ3) is 2.76. The Hall–Kier alpha value is -1.88. The Morgan fingerprint density at radius 2 is 2.11 bits per heavy atom. The first-order chi connectivity index (χ1) is 9.20. The van der Waals surface area contributed by atoms with Crippen molar-refractivity contribution >= 4 is 32.7 Å². The fourth-order valence-electron chi connectivity index (χ4n) is 1.89. The van der Waals surface area contributed by atoms with Crippen LogP contribution in [-0.4, -0.2) is 9.97 Å². The summed E-state index contributed by atoms with van der Waals surface area (Å²) in [4.78, 5) is 8.69. The molecule has 0 saturated carbocycles. The molecule has 0 amide bonds. The second kappa shape index (κ2) is 5.01. The lowest BCUT2D eigenvalue weighted by molar-refractivity contribution is 0.561. The van der Waals surface area contributed by atoms with Gasteiger partial charge in [0.05, 0.1) is 12.2 Å². The van der Waals surface area contributed by atoms with Gasteiger partial charge >= 0.3 is 0 Å². The number of nitrogens with zero attached hydrogens (tertiary/aromatic N) is 2. The molecule has 0 bridgehead atoms. The molecule has 0 aliphatic carbocycles. The molecule has 0 saturated heterocycles. The van der Waals surface area contributed by atoms with Crippen LogP contribution in [0.1, 0.15) is 11.6 Å². The smallest absolute Gasteiger partial charge is 0.192 e. The first-order valence-electron chi connectivity index (χ1n) is 5.93. The maximum atomic E-state index is 5.44. The first kappa shape index (κ1) is 12.2. The SMILES string of the molecule is Cc1nc2cc(NCc3cccc(Br)n3)ccc2o1. The van der Waals surface area contributed by atoms with Crippen LogP contribution in [-0.2, 0) is 6.54 Å². The molecule has 2 heterocycles. The van der Waals surface area contributed by atoms with Gasteiger partial charge in [0.15, 0.2) is 11.5 Å². The monoisotopic (exact) mass is 317 g/mol. The number of hydrogen-bond acceptors (Lipinski definition) is 4. The average molecular weight is 318 g/mol. The zero-order chi connectivity index (χ0) is 13.2. The number of hydrogen-bond donors (Lipinski definition) is 1. The van der Waals surface area contributed by atoms with E-state index in [9.17, 15) is 0 Å². The number of halogens is 1. The summed E-state index contributed by atoms with van der Waals surface area (Å²) < 4.78 is 6.29. The zero-order valence-corrected chi connectivity index (χ0v) is 11.9.